The van der Waals surface area contributed by atoms with E-state index >= 15 is 0 Å². The first-order valence-corrected chi connectivity index (χ1v) is 7.89. The van der Waals surface area contributed by atoms with Crippen molar-refractivity contribution in [3.05, 3.63) is 23.8 Å². The minimum Gasteiger partial charge on any atom is -0.465 e. The number of anilines is 1. The molecule has 0 aliphatic heterocycles. The number of carbonyl (C=O) groups excluding carboxylic acids is 2. The Labute approximate surface area is 132 Å². The Balaban J connectivity index is 2.91. The quantitative estimate of drug-likeness (QED) is 0.611. The van der Waals surface area contributed by atoms with Crippen LogP contribution >= 0.6 is 11.8 Å². The van der Waals surface area contributed by atoms with Gasteiger partial charge in [0.25, 0.3) is 0 Å². The van der Waals surface area contributed by atoms with Gasteiger partial charge in [0, 0.05) is 17.4 Å². The van der Waals surface area contributed by atoms with Crippen molar-refractivity contribution < 1.29 is 23.1 Å². The van der Waals surface area contributed by atoms with Gasteiger partial charge in [0.15, 0.2) is 0 Å². The number of nitrogens with one attached hydrogen (secondary N) is 1. The summed E-state index contributed by atoms with van der Waals surface area (Å²) in [7, 11) is 0. The van der Waals surface area contributed by atoms with E-state index in [9.17, 15) is 18.4 Å². The first-order chi connectivity index (χ1) is 10.4. The second-order valence-electron chi connectivity index (χ2n) is 4.57. The fourth-order valence-corrected chi connectivity index (χ4v) is 2.56. The second kappa shape index (κ2) is 8.73. The van der Waals surface area contributed by atoms with E-state index in [-0.39, 0.29) is 29.5 Å². The van der Waals surface area contributed by atoms with Crippen molar-refractivity contribution in [1.82, 2.24) is 0 Å². The summed E-state index contributed by atoms with van der Waals surface area (Å²) in [5, 5.41) is 1.76. The Bertz CT molecular complexity index is 552. The summed E-state index contributed by atoms with van der Waals surface area (Å²) in [5.74, 6) is -2.46. The zero-order valence-corrected chi connectivity index (χ0v) is 13.6. The number of esters is 1. The van der Waals surface area contributed by atoms with E-state index in [0.29, 0.717) is 12.5 Å². The molecule has 0 saturated heterocycles. The van der Waals surface area contributed by atoms with Crippen molar-refractivity contribution in [3.63, 3.8) is 0 Å². The summed E-state index contributed by atoms with van der Waals surface area (Å²) in [6, 6.07) is 1.89. The maximum atomic E-state index is 13.8. The predicted octanol–water partition coefficient (Wildman–Crippen LogP) is 3.75. The summed E-state index contributed by atoms with van der Waals surface area (Å²) >= 11 is 0.914. The molecule has 1 aromatic rings. The number of benzene rings is 1. The highest BCUT2D eigenvalue weighted by Gasteiger charge is 2.19. The van der Waals surface area contributed by atoms with Gasteiger partial charge in [-0.1, -0.05) is 6.92 Å². The van der Waals surface area contributed by atoms with Gasteiger partial charge < -0.3 is 10.1 Å². The average molecular weight is 331 g/mol. The van der Waals surface area contributed by atoms with Crippen LogP contribution in [-0.2, 0) is 14.3 Å². The Morgan fingerprint density at radius 3 is 2.55 bits per heavy atom. The van der Waals surface area contributed by atoms with E-state index in [2.05, 4.69) is 5.32 Å². The smallest absolute Gasteiger partial charge is 0.319 e. The Morgan fingerprint density at radius 2 is 1.95 bits per heavy atom. The predicted molar refractivity (Wildman–Crippen MR) is 81.8 cm³/mol. The molecule has 0 radical (unpaired) electrons. The highest BCUT2D eigenvalue weighted by atomic mass is 32.2. The molecule has 0 aromatic heterocycles. The first kappa shape index (κ1) is 18.4. The molecule has 1 aromatic carbocycles. The fourth-order valence-electron chi connectivity index (χ4n) is 1.65. The molecule has 0 saturated carbocycles. The lowest BCUT2D eigenvalue weighted by molar-refractivity contribution is -0.142. The van der Waals surface area contributed by atoms with Crippen LogP contribution in [0, 0.1) is 11.6 Å². The van der Waals surface area contributed by atoms with Crippen molar-refractivity contribution in [3.8, 4) is 0 Å². The lowest BCUT2D eigenvalue weighted by atomic mass is 10.2. The molecular weight excluding hydrogens is 312 g/mol. The number of thioether (sulfide) groups is 1. The molecule has 1 atom stereocenters. The summed E-state index contributed by atoms with van der Waals surface area (Å²) in [4.78, 5) is 23.2. The maximum Gasteiger partial charge on any atom is 0.319 e. The Morgan fingerprint density at radius 1 is 1.27 bits per heavy atom. The highest BCUT2D eigenvalue weighted by Crippen LogP contribution is 2.31. The molecule has 0 aliphatic rings. The molecule has 0 bridgehead atoms. The third-order valence-electron chi connectivity index (χ3n) is 2.69. The Kier molecular flexibility index (Phi) is 7.31. The number of hydrogen-bond acceptors (Lipinski definition) is 4. The van der Waals surface area contributed by atoms with Crippen LogP contribution in [0.5, 0.6) is 0 Å². The summed E-state index contributed by atoms with van der Waals surface area (Å²) in [6.45, 7) is 5.30. The average Bonchev–Trinajstić information content (AvgIpc) is 2.44. The normalized spacial score (nSPS) is 11.9. The highest BCUT2D eigenvalue weighted by molar-refractivity contribution is 8.00. The van der Waals surface area contributed by atoms with Crippen LogP contribution in [-0.4, -0.2) is 23.7 Å². The summed E-state index contributed by atoms with van der Waals surface area (Å²) < 4.78 is 32.3. The molecule has 0 aliphatic carbocycles. The van der Waals surface area contributed by atoms with E-state index in [1.54, 1.807) is 13.8 Å². The standard InChI is InChI=1S/C15H19F2NO3S/c1-4-6-14(19)18-12-8-13(11(17)7-10(12)16)22-9(3)15(20)21-5-2/h7-9H,4-6H2,1-3H3,(H,18,19). The van der Waals surface area contributed by atoms with Crippen LogP contribution in [0.4, 0.5) is 14.5 Å². The number of ether oxygens (including phenoxy) is 1. The molecular formula is C15H19F2NO3S. The van der Waals surface area contributed by atoms with E-state index < -0.39 is 22.9 Å². The molecule has 0 heterocycles. The maximum absolute atomic E-state index is 13.8. The number of rotatable bonds is 7. The van der Waals surface area contributed by atoms with Crippen LogP contribution in [0.15, 0.2) is 17.0 Å². The van der Waals surface area contributed by atoms with E-state index in [4.69, 9.17) is 4.74 Å². The van der Waals surface area contributed by atoms with Gasteiger partial charge in [0.1, 0.15) is 16.9 Å². The zero-order valence-electron chi connectivity index (χ0n) is 12.7. The van der Waals surface area contributed by atoms with Gasteiger partial charge in [-0.3, -0.25) is 9.59 Å². The lowest BCUT2D eigenvalue weighted by Crippen LogP contribution is -2.17. The lowest BCUT2D eigenvalue weighted by Gasteiger charge is -2.13. The van der Waals surface area contributed by atoms with Gasteiger partial charge in [-0.15, -0.1) is 11.8 Å². The SMILES string of the molecule is CCCC(=O)Nc1cc(SC(C)C(=O)OCC)c(F)cc1F. The van der Waals surface area contributed by atoms with Crippen molar-refractivity contribution in [2.24, 2.45) is 0 Å². The minimum atomic E-state index is -0.852. The summed E-state index contributed by atoms with van der Waals surface area (Å²) in [5.41, 5.74) is -0.0987. The third-order valence-corrected chi connectivity index (χ3v) is 3.81. The van der Waals surface area contributed by atoms with Gasteiger partial charge in [0.05, 0.1) is 12.3 Å². The monoisotopic (exact) mass is 331 g/mol. The fraction of sp³-hybridized carbons (Fsp3) is 0.467. The van der Waals surface area contributed by atoms with Crippen LogP contribution in [0.2, 0.25) is 0 Å². The number of hydrogen-bond donors (Lipinski definition) is 1. The van der Waals surface area contributed by atoms with Gasteiger partial charge in [-0.25, -0.2) is 8.78 Å². The number of halogens is 2. The van der Waals surface area contributed by atoms with Crippen LogP contribution in [0.1, 0.15) is 33.6 Å². The van der Waals surface area contributed by atoms with Crippen LogP contribution in [0.25, 0.3) is 0 Å². The molecule has 1 rings (SSSR count). The third kappa shape index (κ3) is 5.29. The van der Waals surface area contributed by atoms with Crippen LogP contribution in [0.3, 0.4) is 0 Å². The molecule has 0 spiro atoms. The van der Waals surface area contributed by atoms with Gasteiger partial charge in [-0.05, 0) is 26.3 Å². The van der Waals surface area contributed by atoms with Crippen molar-refractivity contribution in [1.29, 1.82) is 0 Å². The molecule has 1 unspecified atom stereocenters. The van der Waals surface area contributed by atoms with Crippen molar-refractivity contribution in [2.75, 3.05) is 11.9 Å². The largest absolute Gasteiger partial charge is 0.465 e. The molecule has 22 heavy (non-hydrogen) atoms. The van der Waals surface area contributed by atoms with E-state index in [1.165, 1.54) is 6.07 Å². The number of carbonyl (C=O) groups is 2. The molecule has 1 amide bonds. The molecule has 122 valence electrons. The topological polar surface area (TPSA) is 55.4 Å². The minimum absolute atomic E-state index is 0.0775. The first-order valence-electron chi connectivity index (χ1n) is 7.01. The van der Waals surface area contributed by atoms with Gasteiger partial charge in [-0.2, -0.15) is 0 Å². The summed E-state index contributed by atoms with van der Waals surface area (Å²) in [6.07, 6.45) is 0.870. The number of amides is 1. The zero-order chi connectivity index (χ0) is 16.7. The van der Waals surface area contributed by atoms with Crippen molar-refractivity contribution in [2.45, 2.75) is 43.8 Å². The van der Waals surface area contributed by atoms with E-state index in [0.717, 1.165) is 11.8 Å². The molecule has 1 N–H and O–H groups in total. The molecule has 0 fully saturated rings. The molecule has 4 nitrogen and oxygen atoms in total. The Hall–Kier alpha value is -1.63. The van der Waals surface area contributed by atoms with E-state index in [1.807, 2.05) is 6.92 Å². The van der Waals surface area contributed by atoms with Gasteiger partial charge >= 0.3 is 5.97 Å². The van der Waals surface area contributed by atoms with Gasteiger partial charge in [0.2, 0.25) is 5.91 Å². The second-order valence-corrected chi connectivity index (χ2v) is 5.96. The van der Waals surface area contributed by atoms with Crippen LogP contribution < -0.4 is 5.32 Å². The molecule has 7 heteroatoms. The van der Waals surface area contributed by atoms with Crippen molar-refractivity contribution >= 4 is 29.3 Å².